The Morgan fingerprint density at radius 1 is 0.805 bits per heavy atom. The molecule has 0 bridgehead atoms. The van der Waals surface area contributed by atoms with Gasteiger partial charge in [0.25, 0.3) is 0 Å². The highest BCUT2D eigenvalue weighted by Crippen LogP contribution is 2.20. The fourth-order valence-electron chi connectivity index (χ4n) is 3.14. The molecule has 0 saturated heterocycles. The van der Waals surface area contributed by atoms with Crippen LogP contribution in [0.1, 0.15) is 34.0 Å². The third-order valence-electron chi connectivity index (χ3n) is 5.27. The van der Waals surface area contributed by atoms with Crippen molar-refractivity contribution in [2.75, 3.05) is 39.6 Å². The number of hydrogen-bond donors (Lipinski definition) is 0. The molecular weight excluding hydrogens is 529 g/mol. The number of rotatable bonds is 13. The number of nitriles is 1. The highest BCUT2D eigenvalue weighted by Gasteiger charge is 2.12. The molecule has 0 aliphatic carbocycles. The van der Waals surface area contributed by atoms with Crippen LogP contribution in [0.5, 0.6) is 11.5 Å². The van der Waals surface area contributed by atoms with E-state index in [1.54, 1.807) is 49.4 Å². The van der Waals surface area contributed by atoms with Gasteiger partial charge in [0.05, 0.1) is 43.6 Å². The van der Waals surface area contributed by atoms with Gasteiger partial charge in [-0.2, -0.15) is 5.26 Å². The second-order valence-electron chi connectivity index (χ2n) is 8.49. The number of nitrogens with zero attached hydrogens (tertiary/aromatic N) is 1. The quantitative estimate of drug-likeness (QED) is 0.0966. The SMILES string of the molecule is C=C(C)C(=O)OCCOCCOCCOc1ccc(C(=O)Oc2ccc(C#Cc3ccc(C#N)cc3)cc2F)cc1. The summed E-state index contributed by atoms with van der Waals surface area (Å²) in [7, 11) is 0. The van der Waals surface area contributed by atoms with Gasteiger partial charge in [-0.25, -0.2) is 14.0 Å². The molecule has 8 nitrogen and oxygen atoms in total. The molecule has 0 spiro atoms. The van der Waals surface area contributed by atoms with Crippen molar-refractivity contribution < 1.29 is 37.7 Å². The van der Waals surface area contributed by atoms with Crippen molar-refractivity contribution in [3.05, 3.63) is 107 Å². The Hall–Kier alpha value is -4.96. The van der Waals surface area contributed by atoms with Crippen molar-refractivity contribution in [3.8, 4) is 29.4 Å². The molecule has 0 aliphatic rings. The minimum absolute atomic E-state index is 0.150. The zero-order valence-electron chi connectivity index (χ0n) is 22.5. The third-order valence-corrected chi connectivity index (χ3v) is 5.27. The monoisotopic (exact) mass is 557 g/mol. The molecule has 41 heavy (non-hydrogen) atoms. The van der Waals surface area contributed by atoms with Crippen LogP contribution in [0, 0.1) is 29.0 Å². The molecule has 0 fully saturated rings. The van der Waals surface area contributed by atoms with Crippen molar-refractivity contribution in [1.29, 1.82) is 5.26 Å². The van der Waals surface area contributed by atoms with E-state index in [9.17, 15) is 14.0 Å². The maximum absolute atomic E-state index is 14.5. The van der Waals surface area contributed by atoms with Gasteiger partial charge in [-0.15, -0.1) is 0 Å². The lowest BCUT2D eigenvalue weighted by Gasteiger charge is -2.09. The molecule has 0 N–H and O–H groups in total. The summed E-state index contributed by atoms with van der Waals surface area (Å²) in [6.07, 6.45) is 0. The summed E-state index contributed by atoms with van der Waals surface area (Å²) in [5.41, 5.74) is 2.18. The largest absolute Gasteiger partial charge is 0.491 e. The first kappa shape index (κ1) is 30.6. The molecule has 3 aromatic carbocycles. The van der Waals surface area contributed by atoms with Crippen LogP contribution in [0.3, 0.4) is 0 Å². The lowest BCUT2D eigenvalue weighted by molar-refractivity contribution is -0.140. The summed E-state index contributed by atoms with van der Waals surface area (Å²) in [6.45, 7) is 6.78. The standard InChI is InChI=1S/C32H28FNO7/c1-23(2)31(35)40-20-18-38-16-15-37-17-19-39-28-12-10-27(11-13-28)32(36)41-30-14-9-25(21-29(30)33)6-3-24-4-7-26(22-34)8-5-24/h4-5,7-14,21H,1,15-20H2,2H3. The van der Waals surface area contributed by atoms with Gasteiger partial charge in [0, 0.05) is 16.7 Å². The average Bonchev–Trinajstić information content (AvgIpc) is 2.98. The van der Waals surface area contributed by atoms with Crippen LogP contribution < -0.4 is 9.47 Å². The summed E-state index contributed by atoms with van der Waals surface area (Å²) in [4.78, 5) is 23.7. The highest BCUT2D eigenvalue weighted by molar-refractivity contribution is 5.91. The van der Waals surface area contributed by atoms with Gasteiger partial charge >= 0.3 is 11.9 Å². The highest BCUT2D eigenvalue weighted by atomic mass is 19.1. The molecule has 0 radical (unpaired) electrons. The smallest absolute Gasteiger partial charge is 0.343 e. The Balaban J connectivity index is 1.36. The Bertz CT molecular complexity index is 1450. The Labute approximate surface area is 237 Å². The molecular formula is C32H28FNO7. The first-order valence-corrected chi connectivity index (χ1v) is 12.6. The van der Waals surface area contributed by atoms with Crippen LogP contribution in [0.15, 0.2) is 78.9 Å². The van der Waals surface area contributed by atoms with E-state index in [-0.39, 0.29) is 31.1 Å². The summed E-state index contributed by atoms with van der Waals surface area (Å²) < 4.78 is 40.9. The van der Waals surface area contributed by atoms with Crippen LogP contribution in [0.2, 0.25) is 0 Å². The van der Waals surface area contributed by atoms with Crippen molar-refractivity contribution in [1.82, 2.24) is 0 Å². The Morgan fingerprint density at radius 2 is 1.39 bits per heavy atom. The Morgan fingerprint density at radius 3 is 2.02 bits per heavy atom. The van der Waals surface area contributed by atoms with E-state index in [2.05, 4.69) is 18.4 Å². The maximum Gasteiger partial charge on any atom is 0.343 e. The van der Waals surface area contributed by atoms with Crippen LogP contribution >= 0.6 is 0 Å². The van der Waals surface area contributed by atoms with Gasteiger partial charge in [0.2, 0.25) is 0 Å². The van der Waals surface area contributed by atoms with E-state index in [0.717, 1.165) is 0 Å². The summed E-state index contributed by atoms with van der Waals surface area (Å²) in [5.74, 6) is 4.16. The predicted octanol–water partition coefficient (Wildman–Crippen LogP) is 4.85. The zero-order chi connectivity index (χ0) is 29.5. The van der Waals surface area contributed by atoms with Gasteiger partial charge in [0.1, 0.15) is 19.0 Å². The van der Waals surface area contributed by atoms with E-state index >= 15 is 0 Å². The van der Waals surface area contributed by atoms with Gasteiger partial charge in [-0.3, -0.25) is 0 Å². The van der Waals surface area contributed by atoms with Gasteiger partial charge in [0.15, 0.2) is 11.6 Å². The molecule has 0 aliphatic heterocycles. The van der Waals surface area contributed by atoms with Crippen molar-refractivity contribution in [2.45, 2.75) is 6.92 Å². The fourth-order valence-corrected chi connectivity index (χ4v) is 3.14. The van der Waals surface area contributed by atoms with Gasteiger partial charge < -0.3 is 23.7 Å². The number of benzene rings is 3. The lowest BCUT2D eigenvalue weighted by Crippen LogP contribution is -2.14. The van der Waals surface area contributed by atoms with Gasteiger partial charge in [-0.1, -0.05) is 18.4 Å². The average molecular weight is 558 g/mol. The number of hydrogen-bond acceptors (Lipinski definition) is 8. The molecule has 3 rings (SSSR count). The third kappa shape index (κ3) is 10.6. The molecule has 0 amide bonds. The topological polar surface area (TPSA) is 104 Å². The van der Waals surface area contributed by atoms with E-state index in [1.165, 1.54) is 24.3 Å². The normalized spacial score (nSPS) is 10.1. The minimum Gasteiger partial charge on any atom is -0.491 e. The molecule has 9 heteroatoms. The first-order valence-electron chi connectivity index (χ1n) is 12.6. The molecule has 210 valence electrons. The second kappa shape index (κ2) is 16.2. The second-order valence-corrected chi connectivity index (χ2v) is 8.49. The lowest BCUT2D eigenvalue weighted by atomic mass is 10.1. The Kier molecular flexibility index (Phi) is 12.1. The number of carbonyl (C=O) groups excluding carboxylic acids is 2. The van der Waals surface area contributed by atoms with Crippen LogP contribution in [0.4, 0.5) is 4.39 Å². The molecule has 3 aromatic rings. The number of ether oxygens (including phenoxy) is 5. The molecule has 0 heterocycles. The number of halogens is 1. The van der Waals surface area contributed by atoms with Gasteiger partial charge in [-0.05, 0) is 73.7 Å². The van der Waals surface area contributed by atoms with E-state index in [0.29, 0.717) is 47.8 Å². The summed E-state index contributed by atoms with van der Waals surface area (Å²) >= 11 is 0. The number of carbonyl (C=O) groups is 2. The zero-order valence-corrected chi connectivity index (χ0v) is 22.5. The molecule has 0 aromatic heterocycles. The molecule has 0 unspecified atom stereocenters. The van der Waals surface area contributed by atoms with Crippen molar-refractivity contribution in [3.63, 3.8) is 0 Å². The first-order chi connectivity index (χ1) is 19.9. The van der Waals surface area contributed by atoms with E-state index < -0.39 is 17.8 Å². The summed E-state index contributed by atoms with van der Waals surface area (Å²) in [5, 5.41) is 8.85. The number of esters is 2. The minimum atomic E-state index is -0.721. The van der Waals surface area contributed by atoms with Crippen LogP contribution in [-0.4, -0.2) is 51.6 Å². The molecule has 0 saturated carbocycles. The van der Waals surface area contributed by atoms with Crippen LogP contribution in [0.25, 0.3) is 0 Å². The summed E-state index contributed by atoms with van der Waals surface area (Å²) in [6, 6.07) is 19.1. The van der Waals surface area contributed by atoms with Crippen molar-refractivity contribution >= 4 is 11.9 Å². The maximum atomic E-state index is 14.5. The molecule has 0 atom stereocenters. The predicted molar refractivity (Wildman–Crippen MR) is 148 cm³/mol. The van der Waals surface area contributed by atoms with Crippen molar-refractivity contribution in [2.24, 2.45) is 0 Å². The fraction of sp³-hybridized carbons (Fsp3) is 0.219. The van der Waals surface area contributed by atoms with E-state index in [4.69, 9.17) is 28.9 Å². The van der Waals surface area contributed by atoms with Crippen LogP contribution in [-0.2, 0) is 19.0 Å². The van der Waals surface area contributed by atoms with E-state index in [1.807, 2.05) is 6.07 Å².